The highest BCUT2D eigenvalue weighted by Gasteiger charge is 2.24. The number of carbonyl (C=O) groups excluding carboxylic acids is 1. The summed E-state index contributed by atoms with van der Waals surface area (Å²) in [6.45, 7) is 0. The molecule has 0 saturated carbocycles. The summed E-state index contributed by atoms with van der Waals surface area (Å²) in [5.74, 6) is 0.619. The van der Waals surface area contributed by atoms with Gasteiger partial charge in [0, 0.05) is 22.9 Å². The maximum absolute atomic E-state index is 13.3. The predicted molar refractivity (Wildman–Crippen MR) is 93.7 cm³/mol. The number of fused-ring (bicyclic) bond motifs is 1. The molecule has 0 aliphatic heterocycles. The third-order valence-electron chi connectivity index (χ3n) is 4.35. The van der Waals surface area contributed by atoms with Crippen molar-refractivity contribution in [2.45, 2.75) is 31.7 Å². The van der Waals surface area contributed by atoms with Gasteiger partial charge in [0.15, 0.2) is 0 Å². The van der Waals surface area contributed by atoms with E-state index < -0.39 is 0 Å². The van der Waals surface area contributed by atoms with Crippen molar-refractivity contribution in [3.8, 4) is 10.6 Å². The average Bonchev–Trinajstić information content (AvgIpc) is 3.24. The summed E-state index contributed by atoms with van der Waals surface area (Å²) in [7, 11) is 0. The molecule has 1 aliphatic carbocycles. The molecule has 1 unspecified atom stereocenters. The summed E-state index contributed by atoms with van der Waals surface area (Å²) < 4.78 is 18.8. The molecule has 1 amide bonds. The minimum atomic E-state index is -0.291. The lowest BCUT2D eigenvalue weighted by molar-refractivity contribution is -0.121. The highest BCUT2D eigenvalue weighted by molar-refractivity contribution is 7.13. The monoisotopic (exact) mass is 356 g/mol. The Kier molecular flexibility index (Phi) is 4.36. The number of halogens is 1. The van der Waals surface area contributed by atoms with E-state index in [1.54, 1.807) is 12.3 Å². The molecular weight excluding hydrogens is 339 g/mol. The number of hydrogen-bond acceptors (Lipinski definition) is 4. The number of thiazole rings is 1. The fourth-order valence-electron chi connectivity index (χ4n) is 3.19. The van der Waals surface area contributed by atoms with Crippen LogP contribution in [-0.4, -0.2) is 10.9 Å². The van der Waals surface area contributed by atoms with Crippen LogP contribution in [0.2, 0.25) is 0 Å². The molecule has 128 valence electrons. The molecule has 0 spiro atoms. The maximum atomic E-state index is 13.3. The number of aryl methyl sites for hydroxylation is 1. The van der Waals surface area contributed by atoms with Crippen molar-refractivity contribution in [1.29, 1.82) is 0 Å². The van der Waals surface area contributed by atoms with Crippen molar-refractivity contribution in [1.82, 2.24) is 10.3 Å². The largest absolute Gasteiger partial charge is 0.469 e. The molecule has 0 fully saturated rings. The van der Waals surface area contributed by atoms with Crippen LogP contribution in [-0.2, 0) is 17.6 Å². The van der Waals surface area contributed by atoms with Gasteiger partial charge in [0.1, 0.15) is 16.6 Å². The number of amides is 1. The number of carbonyl (C=O) groups is 1. The van der Waals surface area contributed by atoms with Crippen molar-refractivity contribution < 1.29 is 13.6 Å². The first-order valence-electron chi connectivity index (χ1n) is 8.25. The first-order chi connectivity index (χ1) is 12.2. The van der Waals surface area contributed by atoms with E-state index in [-0.39, 0.29) is 24.2 Å². The Labute approximate surface area is 148 Å². The lowest BCUT2D eigenvalue weighted by atomic mass is 9.93. The highest BCUT2D eigenvalue weighted by atomic mass is 32.1. The van der Waals surface area contributed by atoms with Gasteiger partial charge in [-0.25, -0.2) is 9.37 Å². The summed E-state index contributed by atoms with van der Waals surface area (Å²) in [6, 6.07) is 8.27. The van der Waals surface area contributed by atoms with E-state index in [1.807, 2.05) is 17.5 Å². The van der Waals surface area contributed by atoms with Crippen LogP contribution in [0.15, 0.2) is 46.4 Å². The van der Waals surface area contributed by atoms with Crippen LogP contribution in [0.25, 0.3) is 10.6 Å². The molecule has 0 saturated heterocycles. The second kappa shape index (κ2) is 6.80. The minimum Gasteiger partial charge on any atom is -0.469 e. The van der Waals surface area contributed by atoms with Crippen LogP contribution >= 0.6 is 11.3 Å². The van der Waals surface area contributed by atoms with Gasteiger partial charge in [-0.15, -0.1) is 11.3 Å². The van der Waals surface area contributed by atoms with E-state index in [1.165, 1.54) is 23.5 Å². The van der Waals surface area contributed by atoms with Gasteiger partial charge in [0.05, 0.1) is 24.4 Å². The fraction of sp³-hybridized carbons (Fsp3) is 0.263. The third kappa shape index (κ3) is 3.49. The van der Waals surface area contributed by atoms with Crippen molar-refractivity contribution in [2.24, 2.45) is 0 Å². The molecule has 0 radical (unpaired) electrons. The zero-order valence-corrected chi connectivity index (χ0v) is 14.3. The number of rotatable bonds is 4. The molecular formula is C19H17FN2O2S. The zero-order chi connectivity index (χ0) is 17.2. The lowest BCUT2D eigenvalue weighted by Gasteiger charge is -2.22. The van der Waals surface area contributed by atoms with E-state index >= 15 is 0 Å². The van der Waals surface area contributed by atoms with Gasteiger partial charge >= 0.3 is 0 Å². The molecule has 2 heterocycles. The molecule has 25 heavy (non-hydrogen) atoms. The van der Waals surface area contributed by atoms with Crippen LogP contribution in [0.1, 0.15) is 35.9 Å². The Hall–Kier alpha value is -2.47. The number of nitrogens with one attached hydrogen (secondary N) is 1. The second-order valence-electron chi connectivity index (χ2n) is 6.14. The molecule has 0 bridgehead atoms. The van der Waals surface area contributed by atoms with Gasteiger partial charge < -0.3 is 9.73 Å². The lowest BCUT2D eigenvalue weighted by Crippen LogP contribution is -2.31. The molecule has 1 aromatic carbocycles. The molecule has 6 heteroatoms. The van der Waals surface area contributed by atoms with E-state index in [4.69, 9.17) is 4.42 Å². The number of nitrogens with zero attached hydrogens (tertiary/aromatic N) is 1. The Morgan fingerprint density at radius 2 is 2.32 bits per heavy atom. The summed E-state index contributed by atoms with van der Waals surface area (Å²) in [5.41, 5.74) is 2.51. The molecule has 1 aliphatic rings. The number of furan rings is 1. The normalized spacial score (nSPS) is 16.4. The van der Waals surface area contributed by atoms with Gasteiger partial charge in [0.2, 0.25) is 5.91 Å². The average molecular weight is 356 g/mol. The SMILES string of the molecule is O=C(Cc1csc(-c2cccc(F)c2)n1)NC1CCCc2occc21. The summed E-state index contributed by atoms with van der Waals surface area (Å²) in [6.07, 6.45) is 4.75. The van der Waals surface area contributed by atoms with Gasteiger partial charge in [-0.1, -0.05) is 12.1 Å². The minimum absolute atomic E-state index is 0.0105. The molecule has 4 rings (SSSR count). The summed E-state index contributed by atoms with van der Waals surface area (Å²) >= 11 is 1.42. The molecule has 2 aromatic heterocycles. The fourth-order valence-corrected chi connectivity index (χ4v) is 4.01. The van der Waals surface area contributed by atoms with Gasteiger partial charge in [-0.3, -0.25) is 4.79 Å². The van der Waals surface area contributed by atoms with Crippen LogP contribution in [0.3, 0.4) is 0 Å². The number of aromatic nitrogens is 1. The van der Waals surface area contributed by atoms with E-state index in [2.05, 4.69) is 10.3 Å². The van der Waals surface area contributed by atoms with Crippen LogP contribution in [0.4, 0.5) is 4.39 Å². The molecule has 4 nitrogen and oxygen atoms in total. The molecule has 1 atom stereocenters. The van der Waals surface area contributed by atoms with Gasteiger partial charge in [-0.05, 0) is 31.0 Å². The Morgan fingerprint density at radius 1 is 1.40 bits per heavy atom. The van der Waals surface area contributed by atoms with Crippen LogP contribution in [0, 0.1) is 5.82 Å². The Bertz CT molecular complexity index is 902. The van der Waals surface area contributed by atoms with Crippen molar-refractivity contribution in [3.05, 3.63) is 64.8 Å². The Balaban J connectivity index is 1.42. The van der Waals surface area contributed by atoms with E-state index in [0.29, 0.717) is 5.69 Å². The van der Waals surface area contributed by atoms with Gasteiger partial charge in [-0.2, -0.15) is 0 Å². The number of hydrogen-bond donors (Lipinski definition) is 1. The van der Waals surface area contributed by atoms with Crippen molar-refractivity contribution in [3.63, 3.8) is 0 Å². The zero-order valence-electron chi connectivity index (χ0n) is 13.5. The first kappa shape index (κ1) is 16.0. The maximum Gasteiger partial charge on any atom is 0.226 e. The van der Waals surface area contributed by atoms with E-state index in [9.17, 15) is 9.18 Å². The van der Waals surface area contributed by atoms with Crippen LogP contribution < -0.4 is 5.32 Å². The summed E-state index contributed by atoms with van der Waals surface area (Å²) in [5, 5.41) is 5.64. The van der Waals surface area contributed by atoms with Gasteiger partial charge in [0.25, 0.3) is 0 Å². The predicted octanol–water partition coefficient (Wildman–Crippen LogP) is 4.28. The van der Waals surface area contributed by atoms with Crippen molar-refractivity contribution >= 4 is 17.2 Å². The summed E-state index contributed by atoms with van der Waals surface area (Å²) in [4.78, 5) is 16.8. The molecule has 3 aromatic rings. The smallest absolute Gasteiger partial charge is 0.226 e. The van der Waals surface area contributed by atoms with Crippen molar-refractivity contribution in [2.75, 3.05) is 0 Å². The Morgan fingerprint density at radius 3 is 3.20 bits per heavy atom. The standard InChI is InChI=1S/C19H17FN2O2S/c20-13-4-1-3-12(9-13)19-21-14(11-25-19)10-18(23)22-16-5-2-6-17-15(16)7-8-24-17/h1,3-4,7-9,11,16H,2,5-6,10H2,(H,22,23). The number of benzene rings is 1. The first-order valence-corrected chi connectivity index (χ1v) is 9.13. The topological polar surface area (TPSA) is 55.1 Å². The van der Waals surface area contributed by atoms with E-state index in [0.717, 1.165) is 41.2 Å². The molecule has 1 N–H and O–H groups in total. The second-order valence-corrected chi connectivity index (χ2v) is 7.00. The highest BCUT2D eigenvalue weighted by Crippen LogP contribution is 2.30. The quantitative estimate of drug-likeness (QED) is 0.759. The third-order valence-corrected chi connectivity index (χ3v) is 5.29. The van der Waals surface area contributed by atoms with Crippen LogP contribution in [0.5, 0.6) is 0 Å².